The molecule has 0 aliphatic heterocycles. The largest absolute Gasteiger partial charge is 0.497 e. The van der Waals surface area contributed by atoms with Gasteiger partial charge < -0.3 is 19.5 Å². The van der Waals surface area contributed by atoms with Crippen LogP contribution in [0.25, 0.3) is 6.08 Å². The molecule has 0 fully saturated rings. The van der Waals surface area contributed by atoms with Crippen molar-refractivity contribution in [1.29, 1.82) is 10.5 Å². The summed E-state index contributed by atoms with van der Waals surface area (Å²) in [5.74, 6) is 1.18. The van der Waals surface area contributed by atoms with Crippen molar-refractivity contribution in [1.82, 2.24) is 5.32 Å². The van der Waals surface area contributed by atoms with Gasteiger partial charge in [0, 0.05) is 17.7 Å². The average molecular weight is 494 g/mol. The zero-order valence-corrected chi connectivity index (χ0v) is 20.8. The molecule has 0 unspecified atom stereocenters. The topological polar surface area (TPSA) is 104 Å². The number of rotatable bonds is 11. The molecule has 7 heteroatoms. The fourth-order valence-corrected chi connectivity index (χ4v) is 3.63. The molecule has 7 nitrogen and oxygen atoms in total. The Labute approximate surface area is 216 Å². The van der Waals surface area contributed by atoms with Crippen molar-refractivity contribution in [3.63, 3.8) is 0 Å². The first-order valence-electron chi connectivity index (χ1n) is 11.5. The van der Waals surface area contributed by atoms with E-state index in [2.05, 4.69) is 18.0 Å². The first-order valence-corrected chi connectivity index (χ1v) is 11.5. The van der Waals surface area contributed by atoms with Gasteiger partial charge in [-0.25, -0.2) is 0 Å². The van der Waals surface area contributed by atoms with Crippen LogP contribution in [0.5, 0.6) is 17.2 Å². The van der Waals surface area contributed by atoms with Crippen molar-refractivity contribution >= 4 is 12.0 Å². The summed E-state index contributed by atoms with van der Waals surface area (Å²) in [6, 6.07) is 22.2. The maximum Gasteiger partial charge on any atom is 0.262 e. The van der Waals surface area contributed by atoms with Crippen LogP contribution in [0.1, 0.15) is 27.8 Å². The molecule has 3 rings (SSSR count). The minimum absolute atomic E-state index is 0.0447. The quantitative estimate of drug-likeness (QED) is 0.226. The van der Waals surface area contributed by atoms with Gasteiger partial charge in [-0.05, 0) is 54.0 Å². The molecule has 0 heterocycles. The number of carbonyl (C=O) groups is 1. The van der Waals surface area contributed by atoms with Crippen LogP contribution in [0.2, 0.25) is 0 Å². The highest BCUT2D eigenvalue weighted by Gasteiger charge is 2.15. The van der Waals surface area contributed by atoms with Gasteiger partial charge in [-0.3, -0.25) is 4.79 Å². The molecular formula is C30H27N3O4. The second-order valence-corrected chi connectivity index (χ2v) is 7.96. The molecule has 0 aliphatic carbocycles. The lowest BCUT2D eigenvalue weighted by atomic mass is 10.0. The SMILES string of the molecule is C=CCc1cc(/C=C(/C#N)C(=O)NCc2ccc(OC)cc2)cc(OC)c1OCc1ccccc1C#N. The number of amides is 1. The van der Waals surface area contributed by atoms with E-state index < -0.39 is 5.91 Å². The first kappa shape index (κ1) is 26.6. The molecule has 3 aromatic carbocycles. The Morgan fingerprint density at radius 2 is 1.78 bits per heavy atom. The molecule has 0 radical (unpaired) electrons. The molecule has 0 spiro atoms. The standard InChI is InChI=1S/C30H27N3O4/c1-4-7-23-14-22(15-26(18-32)30(34)33-19-21-10-12-27(35-2)13-11-21)16-28(36-3)29(23)37-20-25-9-6-5-8-24(25)17-31/h4-6,8-16H,1,7,19-20H2,2-3H3,(H,33,34)/b26-15-. The molecule has 0 bridgehead atoms. The fourth-order valence-electron chi connectivity index (χ4n) is 3.63. The van der Waals surface area contributed by atoms with E-state index in [-0.39, 0.29) is 18.7 Å². The number of ether oxygens (including phenoxy) is 3. The zero-order valence-electron chi connectivity index (χ0n) is 20.8. The summed E-state index contributed by atoms with van der Waals surface area (Å²) < 4.78 is 16.8. The van der Waals surface area contributed by atoms with Crippen LogP contribution in [0.15, 0.2) is 78.9 Å². The number of nitrogens with zero attached hydrogens (tertiary/aromatic N) is 2. The van der Waals surface area contributed by atoms with E-state index >= 15 is 0 Å². The third-order valence-electron chi connectivity index (χ3n) is 5.54. The molecule has 0 aromatic heterocycles. The third-order valence-corrected chi connectivity index (χ3v) is 5.54. The molecule has 0 saturated heterocycles. The van der Waals surface area contributed by atoms with Crippen LogP contribution in [0.3, 0.4) is 0 Å². The lowest BCUT2D eigenvalue weighted by Gasteiger charge is -2.16. The van der Waals surface area contributed by atoms with E-state index in [1.54, 1.807) is 43.5 Å². The summed E-state index contributed by atoms with van der Waals surface area (Å²) in [6.07, 6.45) is 3.71. The van der Waals surface area contributed by atoms with Crippen LogP contribution in [-0.4, -0.2) is 20.1 Å². The molecule has 0 atom stereocenters. The summed E-state index contributed by atoms with van der Waals surface area (Å²) in [5, 5.41) is 21.8. The number of nitrogens with one attached hydrogen (secondary N) is 1. The minimum Gasteiger partial charge on any atom is -0.497 e. The molecule has 3 aromatic rings. The van der Waals surface area contributed by atoms with Crippen molar-refractivity contribution in [3.8, 4) is 29.4 Å². The number of carbonyl (C=O) groups excluding carboxylic acids is 1. The van der Waals surface area contributed by atoms with E-state index in [1.807, 2.05) is 36.4 Å². The normalized spacial score (nSPS) is 10.5. The highest BCUT2D eigenvalue weighted by Crippen LogP contribution is 2.35. The summed E-state index contributed by atoms with van der Waals surface area (Å²) in [5.41, 5.74) is 3.49. The number of nitriles is 2. The van der Waals surface area contributed by atoms with Gasteiger partial charge >= 0.3 is 0 Å². The molecule has 0 aliphatic rings. The molecule has 186 valence electrons. The fraction of sp³-hybridized carbons (Fsp3) is 0.167. The number of hydrogen-bond acceptors (Lipinski definition) is 6. The second kappa shape index (κ2) is 13.2. The number of methoxy groups -OCH3 is 2. The zero-order chi connectivity index (χ0) is 26.6. The van der Waals surface area contributed by atoms with Gasteiger partial charge in [-0.2, -0.15) is 10.5 Å². The van der Waals surface area contributed by atoms with Crippen molar-refractivity contribution in [2.45, 2.75) is 19.6 Å². The maximum absolute atomic E-state index is 12.7. The van der Waals surface area contributed by atoms with E-state index in [9.17, 15) is 15.3 Å². The number of benzene rings is 3. The monoisotopic (exact) mass is 493 g/mol. The lowest BCUT2D eigenvalue weighted by molar-refractivity contribution is -0.117. The number of hydrogen-bond donors (Lipinski definition) is 1. The Bertz CT molecular complexity index is 1380. The third kappa shape index (κ3) is 7.00. The van der Waals surface area contributed by atoms with Crippen LogP contribution in [0, 0.1) is 22.7 Å². The highest BCUT2D eigenvalue weighted by atomic mass is 16.5. The van der Waals surface area contributed by atoms with Gasteiger partial charge in [0.25, 0.3) is 5.91 Å². The highest BCUT2D eigenvalue weighted by molar-refractivity contribution is 6.01. The van der Waals surface area contributed by atoms with Gasteiger partial charge in [0.2, 0.25) is 0 Å². The van der Waals surface area contributed by atoms with Crippen molar-refractivity contribution in [2.75, 3.05) is 14.2 Å². The molecule has 0 saturated carbocycles. The molecule has 1 amide bonds. The van der Waals surface area contributed by atoms with Crippen molar-refractivity contribution < 1.29 is 19.0 Å². The molecule has 37 heavy (non-hydrogen) atoms. The van der Waals surface area contributed by atoms with Gasteiger partial charge in [0.05, 0.1) is 25.9 Å². The minimum atomic E-state index is -0.490. The summed E-state index contributed by atoms with van der Waals surface area (Å²) in [7, 11) is 3.10. The Morgan fingerprint density at radius 1 is 1.03 bits per heavy atom. The summed E-state index contributed by atoms with van der Waals surface area (Å²) >= 11 is 0. The van der Waals surface area contributed by atoms with E-state index in [0.29, 0.717) is 29.0 Å². The van der Waals surface area contributed by atoms with Gasteiger partial charge in [-0.15, -0.1) is 6.58 Å². The Hall–Kier alpha value is -5.01. The predicted molar refractivity (Wildman–Crippen MR) is 141 cm³/mol. The van der Waals surface area contributed by atoms with Crippen LogP contribution in [0.4, 0.5) is 0 Å². The van der Waals surface area contributed by atoms with E-state index in [1.165, 1.54) is 13.2 Å². The average Bonchev–Trinajstić information content (AvgIpc) is 2.94. The molecule has 1 N–H and O–H groups in total. The van der Waals surface area contributed by atoms with E-state index in [0.717, 1.165) is 22.4 Å². The van der Waals surface area contributed by atoms with Gasteiger partial charge in [-0.1, -0.05) is 36.4 Å². The van der Waals surface area contributed by atoms with Crippen LogP contribution in [-0.2, 0) is 24.4 Å². The Morgan fingerprint density at radius 3 is 2.43 bits per heavy atom. The number of allylic oxidation sites excluding steroid dienone is 1. The Balaban J connectivity index is 1.83. The molecular weight excluding hydrogens is 466 g/mol. The maximum atomic E-state index is 12.7. The van der Waals surface area contributed by atoms with Crippen LogP contribution >= 0.6 is 0 Å². The van der Waals surface area contributed by atoms with Crippen molar-refractivity contribution in [2.24, 2.45) is 0 Å². The van der Waals surface area contributed by atoms with E-state index in [4.69, 9.17) is 14.2 Å². The Kier molecular flexibility index (Phi) is 9.47. The summed E-state index contributed by atoms with van der Waals surface area (Å²) in [6.45, 7) is 4.26. The van der Waals surface area contributed by atoms with Crippen molar-refractivity contribution in [3.05, 3.63) is 107 Å². The smallest absolute Gasteiger partial charge is 0.262 e. The first-order chi connectivity index (χ1) is 18.0. The second-order valence-electron chi connectivity index (χ2n) is 7.96. The van der Waals surface area contributed by atoms with Gasteiger partial charge in [0.15, 0.2) is 11.5 Å². The lowest BCUT2D eigenvalue weighted by Crippen LogP contribution is -2.23. The van der Waals surface area contributed by atoms with Crippen LogP contribution < -0.4 is 19.5 Å². The van der Waals surface area contributed by atoms with Gasteiger partial charge in [0.1, 0.15) is 24.0 Å². The predicted octanol–water partition coefficient (Wildman–Crippen LogP) is 5.11. The summed E-state index contributed by atoms with van der Waals surface area (Å²) in [4.78, 5) is 12.7.